The van der Waals surface area contributed by atoms with Crippen molar-refractivity contribution in [3.05, 3.63) is 47.1 Å². The highest BCUT2D eigenvalue weighted by Crippen LogP contribution is 2.28. The van der Waals surface area contributed by atoms with Crippen molar-refractivity contribution in [1.82, 2.24) is 9.97 Å². The zero-order valence-electron chi connectivity index (χ0n) is 12.7. The molecule has 0 spiro atoms. The summed E-state index contributed by atoms with van der Waals surface area (Å²) in [5, 5.41) is 0.389. The van der Waals surface area contributed by atoms with Crippen molar-refractivity contribution in [2.45, 2.75) is 33.1 Å². The quantitative estimate of drug-likeness (QED) is 0.768. The van der Waals surface area contributed by atoms with Crippen LogP contribution in [-0.2, 0) is 5.41 Å². The Morgan fingerprint density at radius 3 is 2.48 bits per heavy atom. The van der Waals surface area contributed by atoms with Crippen molar-refractivity contribution in [3.63, 3.8) is 0 Å². The van der Waals surface area contributed by atoms with Crippen LogP contribution in [0.3, 0.4) is 0 Å². The van der Waals surface area contributed by atoms with Crippen molar-refractivity contribution in [2.24, 2.45) is 0 Å². The van der Waals surface area contributed by atoms with E-state index in [2.05, 4.69) is 9.97 Å². The molecule has 3 nitrogen and oxygen atoms in total. The molecule has 0 N–H and O–H groups in total. The molecule has 1 aromatic heterocycles. The molecule has 0 saturated carbocycles. The minimum atomic E-state index is -0.276. The van der Waals surface area contributed by atoms with E-state index in [1.807, 2.05) is 38.7 Å². The molecule has 112 valence electrons. The summed E-state index contributed by atoms with van der Waals surface area (Å²) in [6, 6.07) is 8.13. The Hall–Kier alpha value is -1.68. The van der Waals surface area contributed by atoms with E-state index < -0.39 is 0 Å². The lowest BCUT2D eigenvalue weighted by molar-refractivity contribution is 0.545. The van der Waals surface area contributed by atoms with Crippen LogP contribution in [0.4, 0.5) is 15.9 Å². The highest BCUT2D eigenvalue weighted by molar-refractivity contribution is 6.29. The van der Waals surface area contributed by atoms with Gasteiger partial charge in [-0.2, -0.15) is 0 Å². The Kier molecular flexibility index (Phi) is 4.47. The van der Waals surface area contributed by atoms with Crippen LogP contribution in [0.2, 0.25) is 5.15 Å². The second-order valence-electron chi connectivity index (χ2n) is 5.85. The van der Waals surface area contributed by atoms with Gasteiger partial charge in [0, 0.05) is 23.7 Å². The van der Waals surface area contributed by atoms with Crippen LogP contribution >= 0.6 is 11.6 Å². The fourth-order valence-electron chi connectivity index (χ4n) is 2.00. The van der Waals surface area contributed by atoms with Crippen molar-refractivity contribution in [1.29, 1.82) is 0 Å². The Morgan fingerprint density at radius 1 is 1.19 bits per heavy atom. The van der Waals surface area contributed by atoms with Crippen LogP contribution in [-0.4, -0.2) is 16.5 Å². The van der Waals surface area contributed by atoms with E-state index >= 15 is 0 Å². The fraction of sp³-hybridized carbons (Fsp3) is 0.375. The lowest BCUT2D eigenvalue weighted by Crippen LogP contribution is -2.22. The molecular weight excluding hydrogens is 289 g/mol. The van der Waals surface area contributed by atoms with Crippen LogP contribution in [0, 0.1) is 5.82 Å². The van der Waals surface area contributed by atoms with Gasteiger partial charge in [-0.1, -0.05) is 38.4 Å². The molecule has 1 aromatic carbocycles. The summed E-state index contributed by atoms with van der Waals surface area (Å²) in [7, 11) is 0. The minimum Gasteiger partial charge on any atom is -0.326 e. The molecule has 0 unspecified atom stereocenters. The zero-order chi connectivity index (χ0) is 15.6. The molecule has 0 aliphatic carbocycles. The summed E-state index contributed by atoms with van der Waals surface area (Å²) in [6.45, 7) is 8.72. The Bertz CT molecular complexity index is 638. The van der Waals surface area contributed by atoms with Crippen molar-refractivity contribution >= 4 is 23.1 Å². The van der Waals surface area contributed by atoms with E-state index in [0.29, 0.717) is 23.3 Å². The Morgan fingerprint density at radius 2 is 1.90 bits per heavy atom. The van der Waals surface area contributed by atoms with Gasteiger partial charge in [-0.3, -0.25) is 0 Å². The van der Waals surface area contributed by atoms with Gasteiger partial charge in [-0.15, -0.1) is 0 Å². The topological polar surface area (TPSA) is 29.0 Å². The van der Waals surface area contributed by atoms with Gasteiger partial charge in [-0.05, 0) is 25.1 Å². The van der Waals surface area contributed by atoms with Gasteiger partial charge in [0.2, 0.25) is 0 Å². The summed E-state index contributed by atoms with van der Waals surface area (Å²) >= 11 is 6.12. The Labute approximate surface area is 129 Å². The number of benzene rings is 1. The smallest absolute Gasteiger partial charge is 0.138 e. The molecule has 0 aliphatic rings. The largest absolute Gasteiger partial charge is 0.326 e. The van der Waals surface area contributed by atoms with Gasteiger partial charge >= 0.3 is 0 Å². The molecule has 5 heteroatoms. The first-order valence-corrected chi connectivity index (χ1v) is 7.27. The number of nitrogens with zero attached hydrogens (tertiary/aromatic N) is 3. The van der Waals surface area contributed by atoms with Crippen molar-refractivity contribution < 1.29 is 4.39 Å². The molecular formula is C16H19ClFN3. The fourth-order valence-corrected chi connectivity index (χ4v) is 2.18. The molecule has 2 aromatic rings. The molecule has 0 bridgehead atoms. The molecule has 0 amide bonds. The number of anilines is 2. The first kappa shape index (κ1) is 15.7. The van der Waals surface area contributed by atoms with E-state index in [0.717, 1.165) is 5.69 Å². The van der Waals surface area contributed by atoms with Crippen molar-refractivity contribution in [2.75, 3.05) is 11.4 Å². The van der Waals surface area contributed by atoms with Crippen LogP contribution < -0.4 is 4.90 Å². The summed E-state index contributed by atoms with van der Waals surface area (Å²) in [5.41, 5.74) is 0.535. The maximum Gasteiger partial charge on any atom is 0.138 e. The van der Waals surface area contributed by atoms with E-state index in [4.69, 9.17) is 11.6 Å². The lowest BCUT2D eigenvalue weighted by atomic mass is 9.96. The minimum absolute atomic E-state index is 0.207. The van der Waals surface area contributed by atoms with Gasteiger partial charge in [0.1, 0.15) is 22.6 Å². The van der Waals surface area contributed by atoms with Crippen LogP contribution in [0.25, 0.3) is 0 Å². The summed E-state index contributed by atoms with van der Waals surface area (Å²) in [5.74, 6) is 1.06. The second-order valence-corrected chi connectivity index (χ2v) is 6.23. The van der Waals surface area contributed by atoms with E-state index in [1.54, 1.807) is 12.1 Å². The predicted molar refractivity (Wildman–Crippen MR) is 84.8 cm³/mol. The first-order chi connectivity index (χ1) is 9.81. The number of hydrogen-bond acceptors (Lipinski definition) is 3. The molecule has 0 fully saturated rings. The van der Waals surface area contributed by atoms with Gasteiger partial charge in [0.15, 0.2) is 0 Å². The van der Waals surface area contributed by atoms with Gasteiger partial charge in [0.25, 0.3) is 0 Å². The standard InChI is InChI=1S/C16H19ClFN3/c1-5-21(12-8-6-7-11(18)9-12)14-10-13(17)19-15(20-14)16(2,3)4/h6-10H,5H2,1-4H3. The molecule has 0 radical (unpaired) electrons. The third-order valence-electron chi connectivity index (χ3n) is 3.06. The number of halogens is 2. The molecule has 1 heterocycles. The third kappa shape index (κ3) is 3.70. The van der Waals surface area contributed by atoms with Gasteiger partial charge in [0.05, 0.1) is 0 Å². The maximum atomic E-state index is 13.4. The van der Waals surface area contributed by atoms with Crippen molar-refractivity contribution in [3.8, 4) is 0 Å². The van der Waals surface area contributed by atoms with Gasteiger partial charge < -0.3 is 4.90 Å². The zero-order valence-corrected chi connectivity index (χ0v) is 13.4. The Balaban J connectivity index is 2.50. The highest BCUT2D eigenvalue weighted by atomic mass is 35.5. The van der Waals surface area contributed by atoms with Crippen LogP contribution in [0.1, 0.15) is 33.5 Å². The molecule has 0 aliphatic heterocycles. The lowest BCUT2D eigenvalue weighted by Gasteiger charge is -2.25. The van der Waals surface area contributed by atoms with E-state index in [1.165, 1.54) is 12.1 Å². The van der Waals surface area contributed by atoms with E-state index in [9.17, 15) is 4.39 Å². The maximum absolute atomic E-state index is 13.4. The predicted octanol–water partition coefficient (Wildman–Crippen LogP) is 4.72. The van der Waals surface area contributed by atoms with Gasteiger partial charge in [-0.25, -0.2) is 14.4 Å². The monoisotopic (exact) mass is 307 g/mol. The summed E-state index contributed by atoms with van der Waals surface area (Å²) in [4.78, 5) is 10.8. The van der Waals surface area contributed by atoms with Crippen LogP contribution in [0.5, 0.6) is 0 Å². The molecule has 21 heavy (non-hydrogen) atoms. The normalized spacial score (nSPS) is 11.5. The number of aromatic nitrogens is 2. The summed E-state index contributed by atoms with van der Waals surface area (Å²) < 4.78 is 13.4. The molecule has 0 saturated heterocycles. The molecule has 2 rings (SSSR count). The van der Waals surface area contributed by atoms with E-state index in [-0.39, 0.29) is 11.2 Å². The second kappa shape index (κ2) is 5.98. The first-order valence-electron chi connectivity index (χ1n) is 6.89. The third-order valence-corrected chi connectivity index (χ3v) is 3.26. The highest BCUT2D eigenvalue weighted by Gasteiger charge is 2.20. The SMILES string of the molecule is CCN(c1cccc(F)c1)c1cc(Cl)nc(C(C)(C)C)n1. The number of rotatable bonds is 3. The number of hydrogen-bond donors (Lipinski definition) is 0. The summed E-state index contributed by atoms with van der Waals surface area (Å²) in [6.07, 6.45) is 0. The average Bonchev–Trinajstić information content (AvgIpc) is 2.38. The molecule has 0 atom stereocenters. The average molecular weight is 308 g/mol. The van der Waals surface area contributed by atoms with Crippen LogP contribution in [0.15, 0.2) is 30.3 Å².